The number of nitrogens with one attached hydrogen (secondary N) is 1. The van der Waals surface area contributed by atoms with Gasteiger partial charge < -0.3 is 9.73 Å². The maximum Gasteiger partial charge on any atom is 0.169 e. The SMILES string of the molecule is CCCNC(c1ccc(Br)o1)C1C2CC3CC(C2)CC1C3. The lowest BCUT2D eigenvalue weighted by Gasteiger charge is -2.56. The van der Waals surface area contributed by atoms with Gasteiger partial charge in [0, 0.05) is 0 Å². The van der Waals surface area contributed by atoms with Crippen molar-refractivity contribution in [1.82, 2.24) is 5.32 Å². The molecule has 1 N–H and O–H groups in total. The van der Waals surface area contributed by atoms with Crippen LogP contribution in [-0.4, -0.2) is 6.54 Å². The molecule has 2 nitrogen and oxygen atoms in total. The summed E-state index contributed by atoms with van der Waals surface area (Å²) in [6.45, 7) is 3.34. The highest BCUT2D eigenvalue weighted by atomic mass is 79.9. The number of rotatable bonds is 5. The standard InChI is InChI=1S/C18H26BrNO/c1-2-5-20-18(15-3-4-16(19)21-15)17-13-7-11-6-12(9-13)10-14(17)8-11/h3-4,11-14,17-18,20H,2,5-10H2,1H3. The molecule has 0 spiro atoms. The van der Waals surface area contributed by atoms with Crippen LogP contribution in [0.1, 0.15) is 57.3 Å². The Balaban J connectivity index is 1.60. The van der Waals surface area contributed by atoms with Crippen molar-refractivity contribution in [2.45, 2.75) is 51.5 Å². The van der Waals surface area contributed by atoms with E-state index >= 15 is 0 Å². The summed E-state index contributed by atoms with van der Waals surface area (Å²) in [6.07, 6.45) is 8.62. The molecule has 1 aromatic rings. The maximum atomic E-state index is 5.95. The molecule has 3 heteroatoms. The van der Waals surface area contributed by atoms with E-state index < -0.39 is 0 Å². The topological polar surface area (TPSA) is 25.2 Å². The lowest BCUT2D eigenvalue weighted by molar-refractivity contribution is -0.0553. The molecule has 4 aliphatic carbocycles. The molecule has 4 fully saturated rings. The molecule has 0 aromatic carbocycles. The lowest BCUT2D eigenvalue weighted by Crippen LogP contribution is -2.49. The normalized spacial score (nSPS) is 38.9. The molecular weight excluding hydrogens is 326 g/mol. The molecule has 4 aliphatic rings. The molecule has 0 radical (unpaired) electrons. The minimum Gasteiger partial charge on any atom is -0.453 e. The van der Waals surface area contributed by atoms with E-state index in [1.54, 1.807) is 0 Å². The van der Waals surface area contributed by atoms with E-state index in [0.29, 0.717) is 6.04 Å². The Morgan fingerprint density at radius 3 is 2.33 bits per heavy atom. The van der Waals surface area contributed by atoms with Gasteiger partial charge in [0.1, 0.15) is 5.76 Å². The van der Waals surface area contributed by atoms with Crippen LogP contribution in [0, 0.1) is 29.6 Å². The molecule has 1 aromatic heterocycles. The molecule has 0 amide bonds. The van der Waals surface area contributed by atoms with Gasteiger partial charge in [0.2, 0.25) is 0 Å². The van der Waals surface area contributed by atoms with Gasteiger partial charge in [-0.25, -0.2) is 0 Å². The number of hydrogen-bond acceptors (Lipinski definition) is 2. The third-order valence-corrected chi connectivity index (χ3v) is 6.63. The third kappa shape index (κ3) is 2.61. The summed E-state index contributed by atoms with van der Waals surface area (Å²) >= 11 is 3.48. The molecule has 0 saturated heterocycles. The Hall–Kier alpha value is -0.280. The molecule has 4 bridgehead atoms. The summed E-state index contributed by atoms with van der Waals surface area (Å²) in [5.41, 5.74) is 0. The molecule has 1 atom stereocenters. The fraction of sp³-hybridized carbons (Fsp3) is 0.778. The van der Waals surface area contributed by atoms with E-state index in [4.69, 9.17) is 4.42 Å². The van der Waals surface area contributed by atoms with Crippen LogP contribution in [0.4, 0.5) is 0 Å². The van der Waals surface area contributed by atoms with Gasteiger partial charge in [-0.3, -0.25) is 0 Å². The maximum absolute atomic E-state index is 5.95. The first-order chi connectivity index (χ1) is 10.2. The summed E-state index contributed by atoms with van der Waals surface area (Å²) in [4.78, 5) is 0. The molecular formula is C18H26BrNO. The van der Waals surface area contributed by atoms with Crippen molar-refractivity contribution in [2.75, 3.05) is 6.54 Å². The smallest absolute Gasteiger partial charge is 0.169 e. The van der Waals surface area contributed by atoms with Crippen molar-refractivity contribution >= 4 is 15.9 Å². The Morgan fingerprint density at radius 1 is 1.14 bits per heavy atom. The molecule has 1 heterocycles. The zero-order chi connectivity index (χ0) is 14.4. The van der Waals surface area contributed by atoms with E-state index in [9.17, 15) is 0 Å². The quantitative estimate of drug-likeness (QED) is 0.792. The second-order valence-corrected chi connectivity index (χ2v) is 8.36. The first-order valence-electron chi connectivity index (χ1n) is 8.73. The van der Waals surface area contributed by atoms with Crippen LogP contribution in [0.25, 0.3) is 0 Å². The van der Waals surface area contributed by atoms with Crippen molar-refractivity contribution in [3.8, 4) is 0 Å². The summed E-state index contributed by atoms with van der Waals surface area (Å²) in [5, 5.41) is 3.81. The van der Waals surface area contributed by atoms with E-state index in [1.807, 2.05) is 6.07 Å². The second kappa shape index (κ2) is 5.73. The van der Waals surface area contributed by atoms with E-state index in [0.717, 1.165) is 46.6 Å². The van der Waals surface area contributed by atoms with Gasteiger partial charge in [0.15, 0.2) is 4.67 Å². The summed E-state index contributed by atoms with van der Waals surface area (Å²) in [6, 6.07) is 4.64. The van der Waals surface area contributed by atoms with Gasteiger partial charge in [-0.05, 0) is 103 Å². The van der Waals surface area contributed by atoms with Crippen molar-refractivity contribution < 1.29 is 4.42 Å². The molecule has 1 unspecified atom stereocenters. The van der Waals surface area contributed by atoms with Crippen molar-refractivity contribution in [3.63, 3.8) is 0 Å². The molecule has 4 saturated carbocycles. The van der Waals surface area contributed by atoms with E-state index in [-0.39, 0.29) is 0 Å². The van der Waals surface area contributed by atoms with Crippen LogP contribution < -0.4 is 5.32 Å². The predicted molar refractivity (Wildman–Crippen MR) is 88.0 cm³/mol. The van der Waals surface area contributed by atoms with Crippen molar-refractivity contribution in [1.29, 1.82) is 0 Å². The van der Waals surface area contributed by atoms with Crippen LogP contribution in [0.5, 0.6) is 0 Å². The fourth-order valence-corrected chi connectivity index (χ4v) is 6.05. The Kier molecular flexibility index (Phi) is 3.91. The van der Waals surface area contributed by atoms with Gasteiger partial charge >= 0.3 is 0 Å². The lowest BCUT2D eigenvalue weighted by atomic mass is 9.50. The van der Waals surface area contributed by atoms with Crippen molar-refractivity contribution in [3.05, 3.63) is 22.6 Å². The van der Waals surface area contributed by atoms with Crippen LogP contribution in [0.15, 0.2) is 21.2 Å². The van der Waals surface area contributed by atoms with Crippen LogP contribution >= 0.6 is 15.9 Å². The van der Waals surface area contributed by atoms with E-state index in [2.05, 4.69) is 34.2 Å². The van der Waals surface area contributed by atoms with Gasteiger partial charge in [-0.1, -0.05) is 6.92 Å². The number of furan rings is 1. The molecule has 5 rings (SSSR count). The monoisotopic (exact) mass is 351 g/mol. The first kappa shape index (κ1) is 14.3. The minimum absolute atomic E-state index is 0.422. The zero-order valence-electron chi connectivity index (χ0n) is 12.9. The van der Waals surface area contributed by atoms with Crippen LogP contribution in [0.2, 0.25) is 0 Å². The highest BCUT2D eigenvalue weighted by molar-refractivity contribution is 9.10. The average Bonchev–Trinajstić information content (AvgIpc) is 2.87. The Morgan fingerprint density at radius 2 is 1.81 bits per heavy atom. The van der Waals surface area contributed by atoms with Crippen LogP contribution in [-0.2, 0) is 0 Å². The average molecular weight is 352 g/mol. The largest absolute Gasteiger partial charge is 0.453 e. The van der Waals surface area contributed by atoms with Gasteiger partial charge in [-0.2, -0.15) is 0 Å². The molecule has 21 heavy (non-hydrogen) atoms. The highest BCUT2D eigenvalue weighted by Crippen LogP contribution is 2.59. The minimum atomic E-state index is 0.422. The summed E-state index contributed by atoms with van der Waals surface area (Å²) in [5.74, 6) is 5.88. The second-order valence-electron chi connectivity index (χ2n) is 7.58. The fourth-order valence-electron chi connectivity index (χ4n) is 5.73. The highest BCUT2D eigenvalue weighted by Gasteiger charge is 2.51. The summed E-state index contributed by atoms with van der Waals surface area (Å²) < 4.78 is 6.82. The molecule has 116 valence electrons. The van der Waals surface area contributed by atoms with Crippen LogP contribution in [0.3, 0.4) is 0 Å². The Bertz CT molecular complexity index is 469. The van der Waals surface area contributed by atoms with Crippen molar-refractivity contribution in [2.24, 2.45) is 29.6 Å². The number of halogens is 1. The van der Waals surface area contributed by atoms with Gasteiger partial charge in [0.05, 0.1) is 6.04 Å². The van der Waals surface area contributed by atoms with E-state index in [1.165, 1.54) is 38.5 Å². The zero-order valence-corrected chi connectivity index (χ0v) is 14.4. The molecule has 0 aliphatic heterocycles. The van der Waals surface area contributed by atoms with Gasteiger partial charge in [0.25, 0.3) is 0 Å². The Labute approximate surface area is 136 Å². The predicted octanol–water partition coefficient (Wildman–Crippen LogP) is 5.16. The first-order valence-corrected chi connectivity index (χ1v) is 9.52. The number of hydrogen-bond donors (Lipinski definition) is 1. The van der Waals surface area contributed by atoms with Gasteiger partial charge in [-0.15, -0.1) is 0 Å². The summed E-state index contributed by atoms with van der Waals surface area (Å²) in [7, 11) is 0. The third-order valence-electron chi connectivity index (χ3n) is 6.20.